The van der Waals surface area contributed by atoms with Gasteiger partial charge in [0.15, 0.2) is 0 Å². The smallest absolute Gasteiger partial charge is 0.207 e. The minimum atomic E-state index is -3.80. The zero-order valence-corrected chi connectivity index (χ0v) is 4.76. The van der Waals surface area contributed by atoms with Gasteiger partial charge in [0.1, 0.15) is 0 Å². The molecule has 0 amide bonds. The van der Waals surface area contributed by atoms with Gasteiger partial charge in [0, 0.05) is 13.6 Å². The number of alkyl halides is 2. The molecule has 0 bridgehead atoms. The standard InChI is InChI=1S/C6H12F2/c1-5(2,3)6(4,7)8/h1-4H3/i1D3,2D3. The number of hydrogen-bond acceptors (Lipinski definition) is 0. The summed E-state index contributed by atoms with van der Waals surface area (Å²) < 4.78 is 67.4. The van der Waals surface area contributed by atoms with Crippen LogP contribution in [0.15, 0.2) is 0 Å². The summed E-state index contributed by atoms with van der Waals surface area (Å²) in [5.41, 5.74) is -3.02. The third kappa shape index (κ3) is 1.76. The van der Waals surface area contributed by atoms with Crippen molar-refractivity contribution in [1.82, 2.24) is 0 Å². The van der Waals surface area contributed by atoms with Gasteiger partial charge in [-0.1, -0.05) is 20.6 Å². The summed E-state index contributed by atoms with van der Waals surface area (Å²) in [6.45, 7) is -5.61. The Kier molecular flexibility index (Phi) is 0.468. The third-order valence-corrected chi connectivity index (χ3v) is 0.878. The zero-order valence-electron chi connectivity index (χ0n) is 10.8. The molecule has 0 saturated heterocycles. The van der Waals surface area contributed by atoms with Crippen LogP contribution in [-0.2, 0) is 0 Å². The highest BCUT2D eigenvalue weighted by Crippen LogP contribution is 2.34. The maximum atomic E-state index is 13.0. The maximum absolute atomic E-state index is 13.0. The first-order chi connectivity index (χ1) is 5.75. The van der Waals surface area contributed by atoms with Gasteiger partial charge in [-0.05, 0) is 6.92 Å². The first-order valence-corrected chi connectivity index (χ1v) is 2.13. The lowest BCUT2D eigenvalue weighted by Gasteiger charge is -2.26. The van der Waals surface area contributed by atoms with Gasteiger partial charge in [-0.2, -0.15) is 0 Å². The molecule has 50 valence electrons. The van der Waals surface area contributed by atoms with Crippen LogP contribution in [0.1, 0.15) is 35.8 Å². The van der Waals surface area contributed by atoms with Crippen molar-refractivity contribution in [1.29, 1.82) is 0 Å². The van der Waals surface area contributed by atoms with E-state index in [-0.39, 0.29) is 0 Å². The minimum absolute atomic E-state index is 0.311. The highest BCUT2D eigenvalue weighted by Gasteiger charge is 2.37. The van der Waals surface area contributed by atoms with Crippen molar-refractivity contribution < 1.29 is 17.0 Å². The second-order valence-electron chi connectivity index (χ2n) is 2.01. The fourth-order valence-electron chi connectivity index (χ4n) is 0. The Balaban J connectivity index is 5.54. The van der Waals surface area contributed by atoms with Gasteiger partial charge < -0.3 is 0 Å². The summed E-state index contributed by atoms with van der Waals surface area (Å²) in [6, 6.07) is 0. The van der Waals surface area contributed by atoms with Gasteiger partial charge in [0.25, 0.3) is 0 Å². The summed E-state index contributed by atoms with van der Waals surface area (Å²) in [5.74, 6) is -3.80. The van der Waals surface area contributed by atoms with Crippen molar-refractivity contribution in [2.75, 3.05) is 0 Å². The predicted octanol–water partition coefficient (Wildman–Crippen LogP) is 2.69. The monoisotopic (exact) mass is 128 g/mol. The maximum Gasteiger partial charge on any atom is 0.250 e. The zero-order chi connectivity index (χ0) is 12.0. The van der Waals surface area contributed by atoms with E-state index in [0.29, 0.717) is 13.8 Å². The summed E-state index contributed by atoms with van der Waals surface area (Å²) in [5, 5.41) is 0. The quantitative estimate of drug-likeness (QED) is 0.470. The van der Waals surface area contributed by atoms with Gasteiger partial charge in [-0.25, -0.2) is 8.78 Å². The first kappa shape index (κ1) is 2.24. The predicted molar refractivity (Wildman–Crippen MR) is 30.1 cm³/mol. The average molecular weight is 128 g/mol. The van der Waals surface area contributed by atoms with Crippen LogP contribution >= 0.6 is 0 Å². The molecule has 0 rings (SSSR count). The molecule has 8 heavy (non-hydrogen) atoms. The molecule has 0 radical (unpaired) electrons. The molecule has 0 aliphatic carbocycles. The molecule has 0 aliphatic rings. The molecule has 0 N–H and O–H groups in total. The molecule has 0 heterocycles. The lowest BCUT2D eigenvalue weighted by atomic mass is 9.89. The van der Waals surface area contributed by atoms with Crippen LogP contribution in [-0.4, -0.2) is 5.92 Å². The Morgan fingerprint density at radius 1 is 1.25 bits per heavy atom. The van der Waals surface area contributed by atoms with E-state index in [0.717, 1.165) is 0 Å². The van der Waals surface area contributed by atoms with Crippen LogP contribution in [0.3, 0.4) is 0 Å². The summed E-state index contributed by atoms with van der Waals surface area (Å²) in [7, 11) is 0. The molecule has 0 spiro atoms. The van der Waals surface area contributed by atoms with Crippen LogP contribution < -0.4 is 0 Å². The molecule has 0 aromatic rings. The Morgan fingerprint density at radius 2 is 1.62 bits per heavy atom. The van der Waals surface area contributed by atoms with E-state index in [1.54, 1.807) is 0 Å². The molecule has 0 aromatic heterocycles. The van der Waals surface area contributed by atoms with Crippen molar-refractivity contribution in [3.63, 3.8) is 0 Å². The Hall–Kier alpha value is -0.140. The van der Waals surface area contributed by atoms with Crippen molar-refractivity contribution in [3.8, 4) is 0 Å². The van der Waals surface area contributed by atoms with Gasteiger partial charge in [-0.3, -0.25) is 0 Å². The number of halogens is 2. The van der Waals surface area contributed by atoms with Gasteiger partial charge in [0.2, 0.25) is 5.92 Å². The van der Waals surface area contributed by atoms with E-state index in [4.69, 9.17) is 8.22 Å². The van der Waals surface area contributed by atoms with Crippen LogP contribution in [0.25, 0.3) is 0 Å². The molecule has 0 aliphatic heterocycles. The van der Waals surface area contributed by atoms with Crippen molar-refractivity contribution >= 4 is 0 Å². The summed E-state index contributed by atoms with van der Waals surface area (Å²) in [6.07, 6.45) is 0. The Bertz CT molecular complexity index is 174. The fourth-order valence-corrected chi connectivity index (χ4v) is 0. The average Bonchev–Trinajstić information content (AvgIpc) is 1.77. The van der Waals surface area contributed by atoms with E-state index < -0.39 is 25.0 Å². The normalized spacial score (nSPS) is 28.5. The van der Waals surface area contributed by atoms with Crippen molar-refractivity contribution in [2.45, 2.75) is 33.5 Å². The SMILES string of the molecule is [2H]C([2H])([2H])C(C)(C([2H])([2H])[2H])C(C)(F)F. The highest BCUT2D eigenvalue weighted by molar-refractivity contribution is 4.75. The van der Waals surface area contributed by atoms with Gasteiger partial charge in [-0.15, -0.1) is 0 Å². The minimum Gasteiger partial charge on any atom is -0.207 e. The topological polar surface area (TPSA) is 0 Å². The number of rotatable bonds is 0. The summed E-state index contributed by atoms with van der Waals surface area (Å²) >= 11 is 0. The largest absolute Gasteiger partial charge is 0.250 e. The fraction of sp³-hybridized carbons (Fsp3) is 1.00. The Labute approximate surface area is 57.3 Å². The molecular formula is C6H12F2. The Morgan fingerprint density at radius 3 is 1.62 bits per heavy atom. The van der Waals surface area contributed by atoms with Gasteiger partial charge >= 0.3 is 0 Å². The van der Waals surface area contributed by atoms with E-state index in [2.05, 4.69) is 0 Å². The second kappa shape index (κ2) is 1.67. The van der Waals surface area contributed by atoms with Crippen molar-refractivity contribution in [3.05, 3.63) is 0 Å². The first-order valence-electron chi connectivity index (χ1n) is 5.13. The number of hydrogen-bond donors (Lipinski definition) is 0. The molecule has 0 atom stereocenters. The van der Waals surface area contributed by atoms with E-state index in [9.17, 15) is 8.78 Å². The van der Waals surface area contributed by atoms with Crippen LogP contribution in [0.2, 0.25) is 0 Å². The molecule has 0 saturated carbocycles. The third-order valence-electron chi connectivity index (χ3n) is 0.878. The molecule has 0 aromatic carbocycles. The molecule has 0 nitrogen and oxygen atoms in total. The van der Waals surface area contributed by atoms with Crippen LogP contribution in [0.5, 0.6) is 0 Å². The van der Waals surface area contributed by atoms with E-state index in [1.165, 1.54) is 0 Å². The van der Waals surface area contributed by atoms with E-state index in [1.807, 2.05) is 0 Å². The highest BCUT2D eigenvalue weighted by atomic mass is 19.3. The summed E-state index contributed by atoms with van der Waals surface area (Å²) in [4.78, 5) is 0. The lowest BCUT2D eigenvalue weighted by Crippen LogP contribution is -2.29. The lowest BCUT2D eigenvalue weighted by molar-refractivity contribution is -0.0785. The molecule has 0 unspecified atom stereocenters. The van der Waals surface area contributed by atoms with Crippen LogP contribution in [0.4, 0.5) is 8.78 Å². The van der Waals surface area contributed by atoms with E-state index >= 15 is 0 Å². The second-order valence-corrected chi connectivity index (χ2v) is 2.01. The molecule has 0 fully saturated rings. The van der Waals surface area contributed by atoms with Crippen LogP contribution in [0, 0.1) is 5.41 Å². The molecular weight excluding hydrogens is 110 g/mol. The van der Waals surface area contributed by atoms with Gasteiger partial charge in [0.05, 0.1) is 0 Å². The molecule has 2 heteroatoms. The van der Waals surface area contributed by atoms with Crippen molar-refractivity contribution in [2.24, 2.45) is 5.41 Å².